The van der Waals surface area contributed by atoms with E-state index in [9.17, 15) is 18.0 Å². The zero-order valence-corrected chi connectivity index (χ0v) is 17.4. The maximum absolute atomic E-state index is 13.8. The molecule has 8 heteroatoms. The molecule has 160 valence electrons. The van der Waals surface area contributed by atoms with E-state index in [4.69, 9.17) is 9.47 Å². The van der Waals surface area contributed by atoms with Crippen molar-refractivity contribution in [1.29, 1.82) is 0 Å². The van der Waals surface area contributed by atoms with Crippen molar-refractivity contribution in [1.82, 2.24) is 0 Å². The first-order valence-electron chi connectivity index (χ1n) is 9.27. The van der Waals surface area contributed by atoms with E-state index in [0.29, 0.717) is 16.9 Å². The standard InChI is InChI=1S/C21H27F3N2O3/c1-7-15(18(27)29-19(2,3)4)16-12-14(8-9-17(16)25-6)26-10-11-28-13-20(26,5)21(22,23)24/h7-9,12H,6,10-11,13H2,1-5H3/b15-7+/t20-/m0/s1. The average Bonchev–Trinajstić information content (AvgIpc) is 2.60. The van der Waals surface area contributed by atoms with Gasteiger partial charge in [-0.2, -0.15) is 13.2 Å². The number of anilines is 1. The number of allylic oxidation sites excluding steroid dienone is 1. The summed E-state index contributed by atoms with van der Waals surface area (Å²) in [5, 5.41) is 0. The van der Waals surface area contributed by atoms with E-state index in [2.05, 4.69) is 11.7 Å². The number of halogens is 3. The Morgan fingerprint density at radius 3 is 2.52 bits per heavy atom. The lowest BCUT2D eigenvalue weighted by atomic mass is 9.95. The third kappa shape index (κ3) is 4.80. The van der Waals surface area contributed by atoms with Crippen LogP contribution in [-0.2, 0) is 14.3 Å². The van der Waals surface area contributed by atoms with Gasteiger partial charge in [-0.05, 0) is 59.5 Å². The number of benzene rings is 1. The number of hydrogen-bond acceptors (Lipinski definition) is 5. The van der Waals surface area contributed by atoms with E-state index in [1.807, 2.05) is 0 Å². The van der Waals surface area contributed by atoms with Crippen molar-refractivity contribution in [3.05, 3.63) is 29.8 Å². The summed E-state index contributed by atoms with van der Waals surface area (Å²) in [6.07, 6.45) is -2.94. The van der Waals surface area contributed by atoms with Crippen molar-refractivity contribution in [3.63, 3.8) is 0 Å². The van der Waals surface area contributed by atoms with Crippen molar-refractivity contribution in [2.75, 3.05) is 24.7 Å². The number of hydrogen-bond donors (Lipinski definition) is 0. The van der Waals surface area contributed by atoms with Crippen molar-refractivity contribution in [2.45, 2.75) is 51.9 Å². The summed E-state index contributed by atoms with van der Waals surface area (Å²) < 4.78 is 52.0. The fraction of sp³-hybridized carbons (Fsp3) is 0.524. The van der Waals surface area contributed by atoms with E-state index < -0.39 is 29.9 Å². The molecule has 0 bridgehead atoms. The Kier molecular flexibility index (Phi) is 6.47. The lowest BCUT2D eigenvalue weighted by Gasteiger charge is -2.46. The molecular weight excluding hydrogens is 385 g/mol. The Morgan fingerprint density at radius 2 is 2.00 bits per heavy atom. The minimum absolute atomic E-state index is 0.0634. The largest absolute Gasteiger partial charge is 0.456 e. The van der Waals surface area contributed by atoms with Gasteiger partial charge in [-0.15, -0.1) is 0 Å². The molecule has 0 aliphatic carbocycles. The number of esters is 1. The summed E-state index contributed by atoms with van der Waals surface area (Å²) in [7, 11) is 0. The molecule has 5 nitrogen and oxygen atoms in total. The molecule has 0 N–H and O–H groups in total. The maximum atomic E-state index is 13.8. The maximum Gasteiger partial charge on any atom is 0.413 e. The Morgan fingerprint density at radius 1 is 1.34 bits per heavy atom. The molecule has 1 aromatic carbocycles. The minimum Gasteiger partial charge on any atom is -0.456 e. The monoisotopic (exact) mass is 412 g/mol. The zero-order valence-electron chi connectivity index (χ0n) is 17.4. The number of morpholine rings is 1. The molecule has 29 heavy (non-hydrogen) atoms. The second kappa shape index (κ2) is 8.18. The highest BCUT2D eigenvalue weighted by molar-refractivity contribution is 6.18. The molecule has 1 aliphatic heterocycles. The molecule has 0 unspecified atom stereocenters. The van der Waals surface area contributed by atoms with Crippen LogP contribution in [0.4, 0.5) is 24.5 Å². The Bertz CT molecular complexity index is 812. The lowest BCUT2D eigenvalue weighted by Crippen LogP contribution is -2.63. The average molecular weight is 412 g/mol. The molecule has 2 rings (SSSR count). The zero-order chi connectivity index (χ0) is 22.0. The fourth-order valence-corrected chi connectivity index (χ4v) is 3.16. The molecule has 1 heterocycles. The number of ether oxygens (including phenoxy) is 2. The van der Waals surface area contributed by atoms with Crippen LogP contribution < -0.4 is 4.90 Å². The predicted molar refractivity (Wildman–Crippen MR) is 108 cm³/mol. The van der Waals surface area contributed by atoms with Gasteiger partial charge in [-0.3, -0.25) is 4.99 Å². The summed E-state index contributed by atoms with van der Waals surface area (Å²) in [6, 6.07) is 4.63. The normalized spacial score (nSPS) is 21.1. The first kappa shape index (κ1) is 22.9. The number of nitrogens with zero attached hydrogens (tertiary/aromatic N) is 2. The number of alkyl halides is 3. The first-order chi connectivity index (χ1) is 13.3. The SMILES string of the molecule is C=Nc1ccc(N2CCOC[C@@]2(C)C(F)(F)F)cc1/C(=C\C)C(=O)OC(C)(C)C. The van der Waals surface area contributed by atoms with Crippen LogP contribution in [0.25, 0.3) is 5.57 Å². The van der Waals surface area contributed by atoms with Crippen LogP contribution in [0.3, 0.4) is 0 Å². The summed E-state index contributed by atoms with van der Waals surface area (Å²) in [5.41, 5.74) is -1.62. The Labute approximate surface area is 169 Å². The Hall–Kier alpha value is -2.35. The molecule has 1 fully saturated rings. The molecule has 1 atom stereocenters. The van der Waals surface area contributed by atoms with Crippen LogP contribution in [-0.4, -0.2) is 49.8 Å². The van der Waals surface area contributed by atoms with Gasteiger partial charge in [0.2, 0.25) is 0 Å². The van der Waals surface area contributed by atoms with Crippen molar-refractivity contribution in [3.8, 4) is 0 Å². The highest BCUT2D eigenvalue weighted by Crippen LogP contribution is 2.42. The van der Waals surface area contributed by atoms with Gasteiger partial charge in [-0.25, -0.2) is 4.79 Å². The summed E-state index contributed by atoms with van der Waals surface area (Å²) >= 11 is 0. The summed E-state index contributed by atoms with van der Waals surface area (Å²) in [5.74, 6) is -0.581. The summed E-state index contributed by atoms with van der Waals surface area (Å²) in [4.78, 5) is 17.9. The smallest absolute Gasteiger partial charge is 0.413 e. The second-order valence-corrected chi connectivity index (χ2v) is 8.04. The van der Waals surface area contributed by atoms with Crippen molar-refractivity contribution >= 4 is 29.6 Å². The molecule has 1 aromatic rings. The molecule has 0 spiro atoms. The van der Waals surface area contributed by atoms with Gasteiger partial charge in [0.05, 0.1) is 24.5 Å². The van der Waals surface area contributed by atoms with Gasteiger partial charge in [0.15, 0.2) is 5.54 Å². The molecular formula is C21H27F3N2O3. The van der Waals surface area contributed by atoms with Crippen LogP contribution in [0.1, 0.15) is 40.2 Å². The van der Waals surface area contributed by atoms with Gasteiger partial charge in [0.1, 0.15) is 5.60 Å². The second-order valence-electron chi connectivity index (χ2n) is 8.04. The molecule has 1 aliphatic rings. The van der Waals surface area contributed by atoms with Gasteiger partial charge in [0, 0.05) is 17.8 Å². The van der Waals surface area contributed by atoms with Crippen LogP contribution in [0.5, 0.6) is 0 Å². The van der Waals surface area contributed by atoms with E-state index in [1.165, 1.54) is 11.0 Å². The van der Waals surface area contributed by atoms with Crippen LogP contribution in [0, 0.1) is 0 Å². The van der Waals surface area contributed by atoms with E-state index >= 15 is 0 Å². The third-order valence-electron chi connectivity index (χ3n) is 4.71. The fourth-order valence-electron chi connectivity index (χ4n) is 3.16. The minimum atomic E-state index is -4.50. The predicted octanol–water partition coefficient (Wildman–Crippen LogP) is 4.92. The Balaban J connectivity index is 2.55. The van der Waals surface area contributed by atoms with E-state index in [1.54, 1.807) is 45.9 Å². The van der Waals surface area contributed by atoms with Crippen LogP contribution in [0.2, 0.25) is 0 Å². The number of aliphatic imine (C=N–C) groups is 1. The topological polar surface area (TPSA) is 51.1 Å². The number of rotatable bonds is 4. The van der Waals surface area contributed by atoms with Crippen molar-refractivity contribution < 1.29 is 27.4 Å². The molecule has 0 radical (unpaired) electrons. The van der Waals surface area contributed by atoms with Crippen molar-refractivity contribution in [2.24, 2.45) is 4.99 Å². The summed E-state index contributed by atoms with van der Waals surface area (Å²) in [6.45, 7) is 11.3. The highest BCUT2D eigenvalue weighted by Gasteiger charge is 2.56. The third-order valence-corrected chi connectivity index (χ3v) is 4.71. The number of carbonyl (C=O) groups excluding carboxylic acids is 1. The van der Waals surface area contributed by atoms with Gasteiger partial charge in [0.25, 0.3) is 0 Å². The van der Waals surface area contributed by atoms with Gasteiger partial charge >= 0.3 is 12.1 Å². The first-order valence-corrected chi connectivity index (χ1v) is 9.27. The van der Waals surface area contributed by atoms with E-state index in [-0.39, 0.29) is 18.7 Å². The lowest BCUT2D eigenvalue weighted by molar-refractivity contribution is -0.203. The number of carbonyl (C=O) groups is 1. The van der Waals surface area contributed by atoms with Gasteiger partial charge < -0.3 is 14.4 Å². The van der Waals surface area contributed by atoms with Crippen LogP contribution in [0.15, 0.2) is 29.3 Å². The molecule has 0 amide bonds. The molecule has 0 aromatic heterocycles. The highest BCUT2D eigenvalue weighted by atomic mass is 19.4. The van der Waals surface area contributed by atoms with E-state index in [0.717, 1.165) is 6.92 Å². The molecule has 1 saturated heterocycles. The van der Waals surface area contributed by atoms with Gasteiger partial charge in [-0.1, -0.05) is 6.08 Å². The van der Waals surface area contributed by atoms with Crippen LogP contribution >= 0.6 is 0 Å². The quantitative estimate of drug-likeness (QED) is 0.400. The molecule has 0 saturated carbocycles.